The van der Waals surface area contributed by atoms with Crippen molar-refractivity contribution < 1.29 is 4.79 Å². The number of carbonyl (C=O) groups excluding carboxylic acids is 1. The van der Waals surface area contributed by atoms with E-state index in [4.69, 9.17) is 23.2 Å². The fourth-order valence-corrected chi connectivity index (χ4v) is 4.20. The number of nitrogens with zero attached hydrogens (tertiary/aromatic N) is 4. The summed E-state index contributed by atoms with van der Waals surface area (Å²) >= 11 is 13.4. The number of carbonyl (C=O) groups is 1. The Labute approximate surface area is 197 Å². The third-order valence-electron chi connectivity index (χ3n) is 4.68. The fraction of sp³-hybridized carbons (Fsp3) is 0.136. The zero-order valence-corrected chi connectivity index (χ0v) is 19.2. The van der Waals surface area contributed by atoms with E-state index < -0.39 is 0 Å². The molecule has 3 heterocycles. The number of aromatic nitrogens is 4. The second kappa shape index (κ2) is 9.68. The summed E-state index contributed by atoms with van der Waals surface area (Å²) in [5.74, 6) is -0.0860. The molecule has 1 aromatic carbocycles. The van der Waals surface area contributed by atoms with Gasteiger partial charge >= 0.3 is 0 Å². The minimum atomic E-state index is -0.332. The van der Waals surface area contributed by atoms with Crippen LogP contribution in [0.1, 0.15) is 11.1 Å². The highest BCUT2D eigenvalue weighted by molar-refractivity contribution is 7.99. The Bertz CT molecular complexity index is 1360. The Morgan fingerprint density at radius 2 is 1.97 bits per heavy atom. The van der Waals surface area contributed by atoms with Crippen molar-refractivity contribution in [1.29, 1.82) is 0 Å². The molecule has 7 nitrogen and oxygen atoms in total. The molecule has 10 heteroatoms. The third kappa shape index (κ3) is 4.77. The molecule has 3 aromatic heterocycles. The second-order valence-corrected chi connectivity index (χ2v) is 8.62. The number of halogens is 2. The molecule has 0 spiro atoms. The molecule has 4 aromatic rings. The summed E-state index contributed by atoms with van der Waals surface area (Å²) in [6, 6.07) is 10.8. The molecule has 0 fully saturated rings. The normalized spacial score (nSPS) is 11.0. The number of thioether (sulfide) groups is 1. The third-order valence-corrected chi connectivity index (χ3v) is 6.50. The molecule has 1 amide bonds. The van der Waals surface area contributed by atoms with Gasteiger partial charge in [-0.1, -0.05) is 53.2 Å². The van der Waals surface area contributed by atoms with E-state index in [1.165, 1.54) is 6.20 Å². The monoisotopic (exact) mass is 485 g/mol. The van der Waals surface area contributed by atoms with Crippen LogP contribution in [0.2, 0.25) is 10.0 Å². The highest BCUT2D eigenvalue weighted by Gasteiger charge is 2.16. The number of anilines is 1. The van der Waals surface area contributed by atoms with Crippen molar-refractivity contribution in [3.63, 3.8) is 0 Å². The van der Waals surface area contributed by atoms with Gasteiger partial charge in [0, 0.05) is 18.6 Å². The zero-order valence-electron chi connectivity index (χ0n) is 16.9. The summed E-state index contributed by atoms with van der Waals surface area (Å²) in [5.41, 5.74) is 1.87. The number of nitrogens with one attached hydrogen (secondary N) is 1. The van der Waals surface area contributed by atoms with Gasteiger partial charge in [-0.25, -0.2) is 9.97 Å². The van der Waals surface area contributed by atoms with E-state index in [1.807, 2.05) is 12.1 Å². The summed E-state index contributed by atoms with van der Waals surface area (Å²) in [5, 5.41) is 4.33. The Kier molecular flexibility index (Phi) is 6.74. The fourth-order valence-electron chi connectivity index (χ4n) is 3.01. The average molecular weight is 486 g/mol. The molecule has 0 atom stereocenters. The van der Waals surface area contributed by atoms with Gasteiger partial charge < -0.3 is 5.32 Å². The van der Waals surface area contributed by atoms with Crippen LogP contribution in [0, 0.1) is 6.92 Å². The number of fused-ring (bicyclic) bond motifs is 1. The number of hydrogen-bond donors (Lipinski definition) is 1. The number of pyridine rings is 2. The van der Waals surface area contributed by atoms with Crippen LogP contribution in [0.25, 0.3) is 10.9 Å². The van der Waals surface area contributed by atoms with Crippen LogP contribution in [0.4, 0.5) is 5.82 Å². The molecular formula is C22H17Cl2N5O2S. The van der Waals surface area contributed by atoms with Gasteiger partial charge in [0.25, 0.3) is 5.56 Å². The van der Waals surface area contributed by atoms with Crippen LogP contribution in [0.3, 0.4) is 0 Å². The van der Waals surface area contributed by atoms with E-state index >= 15 is 0 Å². The van der Waals surface area contributed by atoms with E-state index in [2.05, 4.69) is 20.3 Å². The lowest BCUT2D eigenvalue weighted by molar-refractivity contribution is -0.113. The van der Waals surface area contributed by atoms with Crippen molar-refractivity contribution in [1.82, 2.24) is 19.5 Å². The molecule has 0 bridgehead atoms. The summed E-state index contributed by atoms with van der Waals surface area (Å²) in [6.45, 7) is 2.03. The lowest BCUT2D eigenvalue weighted by atomic mass is 10.2. The van der Waals surface area contributed by atoms with Crippen molar-refractivity contribution in [3.8, 4) is 0 Å². The predicted molar refractivity (Wildman–Crippen MR) is 128 cm³/mol. The highest BCUT2D eigenvalue weighted by atomic mass is 35.5. The van der Waals surface area contributed by atoms with E-state index in [9.17, 15) is 9.59 Å². The van der Waals surface area contributed by atoms with E-state index in [1.54, 1.807) is 48.1 Å². The van der Waals surface area contributed by atoms with Crippen molar-refractivity contribution in [2.75, 3.05) is 11.1 Å². The molecule has 0 aliphatic rings. The Morgan fingerprint density at radius 3 is 2.75 bits per heavy atom. The molecule has 0 aliphatic heterocycles. The maximum atomic E-state index is 13.2. The minimum Gasteiger partial charge on any atom is -0.309 e. The molecule has 0 aliphatic carbocycles. The molecule has 162 valence electrons. The van der Waals surface area contributed by atoms with Crippen molar-refractivity contribution in [2.45, 2.75) is 18.6 Å². The first-order valence-corrected chi connectivity index (χ1v) is 11.3. The maximum absolute atomic E-state index is 13.2. The molecule has 0 unspecified atom stereocenters. The van der Waals surface area contributed by atoms with Gasteiger partial charge in [0.1, 0.15) is 0 Å². The minimum absolute atomic E-state index is 0.0114. The standard InChI is InChI=1S/C22H17Cl2N5O2S/c1-13-16(23)10-26-20(19(13)24)28-18(30)12-32-22-27-17-7-3-2-6-15(17)21(31)29(22)11-14-5-4-8-25-9-14/h2-10H,11-12H2,1H3,(H,26,28,30). The van der Waals surface area contributed by atoms with Crippen LogP contribution < -0.4 is 10.9 Å². The summed E-state index contributed by atoms with van der Waals surface area (Å²) < 4.78 is 1.55. The SMILES string of the molecule is Cc1c(Cl)cnc(NC(=O)CSc2nc3ccccc3c(=O)n2Cc2cccnc2)c1Cl. The largest absolute Gasteiger partial charge is 0.309 e. The number of hydrogen-bond acceptors (Lipinski definition) is 6. The number of para-hydroxylation sites is 1. The van der Waals surface area contributed by atoms with Crippen LogP contribution in [-0.2, 0) is 11.3 Å². The van der Waals surface area contributed by atoms with Crippen molar-refractivity contribution >= 4 is 57.6 Å². The first-order valence-electron chi connectivity index (χ1n) is 9.56. The molecule has 0 saturated heterocycles. The lowest BCUT2D eigenvalue weighted by Crippen LogP contribution is -2.25. The molecule has 0 radical (unpaired) electrons. The smallest absolute Gasteiger partial charge is 0.262 e. The van der Waals surface area contributed by atoms with Crippen LogP contribution in [0.5, 0.6) is 0 Å². The molecule has 1 N–H and O–H groups in total. The van der Waals surface area contributed by atoms with Gasteiger partial charge in [-0.15, -0.1) is 0 Å². The predicted octanol–water partition coefficient (Wildman–Crippen LogP) is 4.58. The van der Waals surface area contributed by atoms with Gasteiger partial charge in [-0.3, -0.25) is 19.1 Å². The van der Waals surface area contributed by atoms with E-state index in [0.29, 0.717) is 26.6 Å². The molecule has 4 rings (SSSR count). The Hall–Kier alpha value is -2.94. The maximum Gasteiger partial charge on any atom is 0.262 e. The quantitative estimate of drug-likeness (QED) is 0.317. The van der Waals surface area contributed by atoms with Crippen LogP contribution in [-0.4, -0.2) is 31.2 Å². The zero-order chi connectivity index (χ0) is 22.7. The first kappa shape index (κ1) is 22.3. The van der Waals surface area contributed by atoms with Crippen LogP contribution >= 0.6 is 35.0 Å². The first-order chi connectivity index (χ1) is 15.4. The van der Waals surface area contributed by atoms with Crippen molar-refractivity contribution in [2.24, 2.45) is 0 Å². The average Bonchev–Trinajstić information content (AvgIpc) is 2.81. The van der Waals surface area contributed by atoms with Crippen LogP contribution in [0.15, 0.2) is 64.9 Å². The van der Waals surface area contributed by atoms with Gasteiger partial charge in [0.15, 0.2) is 11.0 Å². The van der Waals surface area contributed by atoms with Gasteiger partial charge in [-0.05, 0) is 36.2 Å². The lowest BCUT2D eigenvalue weighted by Gasteiger charge is -2.13. The number of rotatable bonds is 6. The Morgan fingerprint density at radius 1 is 1.16 bits per heavy atom. The summed E-state index contributed by atoms with van der Waals surface area (Å²) in [4.78, 5) is 38.5. The second-order valence-electron chi connectivity index (χ2n) is 6.89. The van der Waals surface area contributed by atoms with Gasteiger partial charge in [-0.2, -0.15) is 0 Å². The highest BCUT2D eigenvalue weighted by Crippen LogP contribution is 2.29. The molecular weight excluding hydrogens is 469 g/mol. The summed E-state index contributed by atoms with van der Waals surface area (Å²) in [7, 11) is 0. The van der Waals surface area contributed by atoms with E-state index in [-0.39, 0.29) is 34.6 Å². The van der Waals surface area contributed by atoms with Gasteiger partial charge in [0.2, 0.25) is 5.91 Å². The Balaban J connectivity index is 1.60. The van der Waals surface area contributed by atoms with Crippen molar-refractivity contribution in [3.05, 3.63) is 86.5 Å². The number of benzene rings is 1. The number of amides is 1. The van der Waals surface area contributed by atoms with E-state index in [0.717, 1.165) is 17.3 Å². The molecule has 32 heavy (non-hydrogen) atoms. The topological polar surface area (TPSA) is 89.8 Å². The molecule has 0 saturated carbocycles. The summed E-state index contributed by atoms with van der Waals surface area (Å²) in [6.07, 6.45) is 4.80. The van der Waals surface area contributed by atoms with Gasteiger partial charge in [0.05, 0.1) is 33.2 Å².